The van der Waals surface area contributed by atoms with E-state index in [0.717, 1.165) is 13.0 Å². The summed E-state index contributed by atoms with van der Waals surface area (Å²) in [7, 11) is 0. The van der Waals surface area contributed by atoms with Crippen LogP contribution < -0.4 is 0 Å². The lowest BCUT2D eigenvalue weighted by Crippen LogP contribution is -2.38. The predicted molar refractivity (Wildman–Crippen MR) is 59.1 cm³/mol. The van der Waals surface area contributed by atoms with Gasteiger partial charge in [-0.15, -0.1) is 0 Å². The average Bonchev–Trinajstić information content (AvgIpc) is 2.56. The summed E-state index contributed by atoms with van der Waals surface area (Å²) in [6.07, 6.45) is 6.18. The molecule has 2 heteroatoms. The van der Waals surface area contributed by atoms with Gasteiger partial charge in [-0.25, -0.2) is 0 Å². The Morgan fingerprint density at radius 2 is 1.93 bits per heavy atom. The number of hydrogen-bond donors (Lipinski definition) is 0. The third-order valence-electron chi connectivity index (χ3n) is 3.12. The van der Waals surface area contributed by atoms with Crippen molar-refractivity contribution in [2.24, 2.45) is 5.92 Å². The molecule has 0 aromatic carbocycles. The molecule has 2 nitrogen and oxygen atoms in total. The molecule has 0 aromatic heterocycles. The molecule has 1 saturated carbocycles. The number of nitrogens with zero attached hydrogens (tertiary/aromatic N) is 1. The van der Waals surface area contributed by atoms with Gasteiger partial charge in [0.2, 0.25) is 5.91 Å². The number of carbonyl (C=O) groups excluding carboxylic acids is 1. The molecule has 0 heterocycles. The van der Waals surface area contributed by atoms with Crippen molar-refractivity contribution in [3.8, 4) is 0 Å². The van der Waals surface area contributed by atoms with Crippen molar-refractivity contribution in [3.63, 3.8) is 0 Å². The predicted octanol–water partition coefficient (Wildman–Crippen LogP) is 2.82. The quantitative estimate of drug-likeness (QED) is 0.678. The van der Waals surface area contributed by atoms with Gasteiger partial charge in [0.25, 0.3) is 0 Å². The molecule has 1 fully saturated rings. The van der Waals surface area contributed by atoms with Crippen LogP contribution in [0.15, 0.2) is 0 Å². The SMILES string of the molecule is CC(=O)N(CCC(C)C)C1CCCC1. The minimum atomic E-state index is 0.262. The Balaban J connectivity index is 2.42. The Bertz CT molecular complexity index is 183. The van der Waals surface area contributed by atoms with E-state index in [9.17, 15) is 4.79 Å². The van der Waals surface area contributed by atoms with E-state index in [-0.39, 0.29) is 5.91 Å². The Morgan fingerprint density at radius 1 is 1.36 bits per heavy atom. The highest BCUT2D eigenvalue weighted by atomic mass is 16.2. The van der Waals surface area contributed by atoms with Crippen LogP contribution in [0.3, 0.4) is 0 Å². The molecular weight excluding hydrogens is 174 g/mol. The molecule has 1 amide bonds. The van der Waals surface area contributed by atoms with Crippen LogP contribution in [0.4, 0.5) is 0 Å². The van der Waals surface area contributed by atoms with Crippen LogP contribution in [-0.2, 0) is 4.79 Å². The molecular formula is C12H23NO. The lowest BCUT2D eigenvalue weighted by atomic mass is 10.1. The zero-order valence-electron chi connectivity index (χ0n) is 9.75. The van der Waals surface area contributed by atoms with Crippen molar-refractivity contribution in [2.45, 2.75) is 58.9 Å². The van der Waals surface area contributed by atoms with Gasteiger partial charge in [0.05, 0.1) is 0 Å². The molecule has 0 aliphatic heterocycles. The van der Waals surface area contributed by atoms with E-state index in [4.69, 9.17) is 0 Å². The van der Waals surface area contributed by atoms with Crippen LogP contribution in [0.5, 0.6) is 0 Å². The van der Waals surface area contributed by atoms with E-state index in [1.165, 1.54) is 25.7 Å². The minimum absolute atomic E-state index is 0.262. The van der Waals surface area contributed by atoms with E-state index >= 15 is 0 Å². The topological polar surface area (TPSA) is 20.3 Å². The highest BCUT2D eigenvalue weighted by Crippen LogP contribution is 2.24. The molecule has 0 aromatic rings. The van der Waals surface area contributed by atoms with Crippen molar-refractivity contribution >= 4 is 5.91 Å². The van der Waals surface area contributed by atoms with Gasteiger partial charge in [-0.3, -0.25) is 4.79 Å². The van der Waals surface area contributed by atoms with E-state index in [2.05, 4.69) is 18.7 Å². The van der Waals surface area contributed by atoms with Crippen molar-refractivity contribution in [3.05, 3.63) is 0 Å². The summed E-state index contributed by atoms with van der Waals surface area (Å²) in [5, 5.41) is 0. The molecule has 0 radical (unpaired) electrons. The minimum Gasteiger partial charge on any atom is -0.340 e. The van der Waals surface area contributed by atoms with Crippen LogP contribution in [0.2, 0.25) is 0 Å². The molecule has 0 atom stereocenters. The van der Waals surface area contributed by atoms with Gasteiger partial charge in [-0.2, -0.15) is 0 Å². The Morgan fingerprint density at radius 3 is 2.36 bits per heavy atom. The average molecular weight is 197 g/mol. The molecule has 0 spiro atoms. The summed E-state index contributed by atoms with van der Waals surface area (Å²) in [5.41, 5.74) is 0. The lowest BCUT2D eigenvalue weighted by molar-refractivity contribution is -0.131. The molecule has 0 N–H and O–H groups in total. The summed E-state index contributed by atoms with van der Waals surface area (Å²) >= 11 is 0. The fourth-order valence-corrected chi connectivity index (χ4v) is 2.21. The van der Waals surface area contributed by atoms with Crippen LogP contribution in [0.1, 0.15) is 52.9 Å². The summed E-state index contributed by atoms with van der Waals surface area (Å²) in [6.45, 7) is 7.09. The Hall–Kier alpha value is -0.530. The smallest absolute Gasteiger partial charge is 0.219 e. The van der Waals surface area contributed by atoms with Crippen LogP contribution in [-0.4, -0.2) is 23.4 Å². The highest BCUT2D eigenvalue weighted by molar-refractivity contribution is 5.73. The van der Waals surface area contributed by atoms with E-state index < -0.39 is 0 Å². The van der Waals surface area contributed by atoms with Gasteiger partial charge in [0.1, 0.15) is 0 Å². The molecule has 1 aliphatic carbocycles. The first-order valence-corrected chi connectivity index (χ1v) is 5.88. The van der Waals surface area contributed by atoms with Gasteiger partial charge in [0.15, 0.2) is 0 Å². The van der Waals surface area contributed by atoms with E-state index in [1.807, 2.05) is 0 Å². The molecule has 0 unspecified atom stereocenters. The van der Waals surface area contributed by atoms with Gasteiger partial charge in [0, 0.05) is 19.5 Å². The van der Waals surface area contributed by atoms with Gasteiger partial charge >= 0.3 is 0 Å². The van der Waals surface area contributed by atoms with Crippen molar-refractivity contribution in [1.29, 1.82) is 0 Å². The number of amides is 1. The zero-order chi connectivity index (χ0) is 10.6. The molecule has 0 bridgehead atoms. The lowest BCUT2D eigenvalue weighted by Gasteiger charge is -2.28. The first-order valence-electron chi connectivity index (χ1n) is 5.88. The fraction of sp³-hybridized carbons (Fsp3) is 0.917. The van der Waals surface area contributed by atoms with Crippen LogP contribution in [0, 0.1) is 5.92 Å². The fourth-order valence-electron chi connectivity index (χ4n) is 2.21. The second-order valence-electron chi connectivity index (χ2n) is 4.83. The largest absolute Gasteiger partial charge is 0.340 e. The number of rotatable bonds is 4. The molecule has 0 saturated heterocycles. The molecule has 14 heavy (non-hydrogen) atoms. The summed E-state index contributed by atoms with van der Waals surface area (Å²) < 4.78 is 0. The molecule has 1 aliphatic rings. The zero-order valence-corrected chi connectivity index (χ0v) is 9.75. The third-order valence-corrected chi connectivity index (χ3v) is 3.12. The van der Waals surface area contributed by atoms with E-state index in [0.29, 0.717) is 12.0 Å². The normalized spacial score (nSPS) is 17.7. The molecule has 82 valence electrons. The van der Waals surface area contributed by atoms with E-state index in [1.54, 1.807) is 6.92 Å². The summed E-state index contributed by atoms with van der Waals surface area (Å²) in [6, 6.07) is 0.547. The second-order valence-corrected chi connectivity index (χ2v) is 4.83. The van der Waals surface area contributed by atoms with Crippen molar-refractivity contribution in [2.75, 3.05) is 6.54 Å². The second kappa shape index (κ2) is 5.38. The van der Waals surface area contributed by atoms with Crippen molar-refractivity contribution < 1.29 is 4.79 Å². The van der Waals surface area contributed by atoms with Gasteiger partial charge < -0.3 is 4.90 Å². The number of hydrogen-bond acceptors (Lipinski definition) is 1. The monoisotopic (exact) mass is 197 g/mol. The maximum Gasteiger partial charge on any atom is 0.219 e. The summed E-state index contributed by atoms with van der Waals surface area (Å²) in [5.74, 6) is 0.954. The van der Waals surface area contributed by atoms with Crippen molar-refractivity contribution in [1.82, 2.24) is 4.90 Å². The highest BCUT2D eigenvalue weighted by Gasteiger charge is 2.23. The van der Waals surface area contributed by atoms with Gasteiger partial charge in [-0.05, 0) is 25.2 Å². The summed E-state index contributed by atoms with van der Waals surface area (Å²) in [4.78, 5) is 13.6. The maximum absolute atomic E-state index is 11.5. The Labute approximate surface area is 87.7 Å². The first-order chi connectivity index (χ1) is 6.61. The van der Waals surface area contributed by atoms with Crippen LogP contribution in [0.25, 0.3) is 0 Å². The van der Waals surface area contributed by atoms with Gasteiger partial charge in [-0.1, -0.05) is 26.7 Å². The number of carbonyl (C=O) groups is 1. The maximum atomic E-state index is 11.5. The first kappa shape index (κ1) is 11.5. The Kier molecular flexibility index (Phi) is 4.43. The standard InChI is InChI=1S/C12H23NO/c1-10(2)8-9-13(11(3)14)12-6-4-5-7-12/h10,12H,4-9H2,1-3H3. The third kappa shape index (κ3) is 3.32. The molecule has 1 rings (SSSR count). The van der Waals surface area contributed by atoms with Crippen LogP contribution >= 0.6 is 0 Å².